The van der Waals surface area contributed by atoms with Crippen LogP contribution < -0.4 is 4.74 Å². The lowest BCUT2D eigenvalue weighted by Gasteiger charge is -2.53. The minimum atomic E-state index is -0.481. The van der Waals surface area contributed by atoms with Crippen LogP contribution in [-0.2, 0) is 4.74 Å². The van der Waals surface area contributed by atoms with Crippen molar-refractivity contribution in [3.05, 3.63) is 18.6 Å². The highest BCUT2D eigenvalue weighted by Gasteiger charge is 2.49. The molecule has 1 aromatic rings. The molecule has 6 nitrogen and oxygen atoms in total. The van der Waals surface area contributed by atoms with E-state index in [0.29, 0.717) is 17.7 Å². The van der Waals surface area contributed by atoms with Crippen LogP contribution in [0.2, 0.25) is 0 Å². The van der Waals surface area contributed by atoms with E-state index in [1.807, 2.05) is 25.7 Å². The van der Waals surface area contributed by atoms with Crippen molar-refractivity contribution in [3.8, 4) is 5.88 Å². The monoisotopic (exact) mass is 347 g/mol. The summed E-state index contributed by atoms with van der Waals surface area (Å²) < 4.78 is 11.8. The Hall–Kier alpha value is -1.85. The molecule has 6 heteroatoms. The average molecular weight is 347 g/mol. The van der Waals surface area contributed by atoms with Crippen LogP contribution in [0.5, 0.6) is 5.88 Å². The molecular weight excluding hydrogens is 318 g/mol. The summed E-state index contributed by atoms with van der Waals surface area (Å²) in [6, 6.07) is 0.290. The van der Waals surface area contributed by atoms with Crippen LogP contribution >= 0.6 is 0 Å². The van der Waals surface area contributed by atoms with Gasteiger partial charge in [-0.3, -0.25) is 4.98 Å². The van der Waals surface area contributed by atoms with Crippen LogP contribution in [0.25, 0.3) is 0 Å². The van der Waals surface area contributed by atoms with E-state index in [2.05, 4.69) is 23.8 Å². The summed E-state index contributed by atoms with van der Waals surface area (Å²) in [6.45, 7) is 10.2. The van der Waals surface area contributed by atoms with Gasteiger partial charge >= 0.3 is 6.09 Å². The van der Waals surface area contributed by atoms with Crippen molar-refractivity contribution in [2.45, 2.75) is 77.7 Å². The number of piperidine rings is 2. The third kappa shape index (κ3) is 4.05. The predicted octanol–water partition coefficient (Wildman–Crippen LogP) is 3.67. The molecule has 2 aliphatic heterocycles. The summed E-state index contributed by atoms with van der Waals surface area (Å²) in [5, 5.41) is 0. The minimum Gasteiger partial charge on any atom is -0.473 e. The summed E-state index contributed by atoms with van der Waals surface area (Å²) >= 11 is 0. The molecule has 25 heavy (non-hydrogen) atoms. The predicted molar refractivity (Wildman–Crippen MR) is 94.3 cm³/mol. The lowest BCUT2D eigenvalue weighted by molar-refractivity contribution is -0.0735. The van der Waals surface area contributed by atoms with Crippen LogP contribution in [-0.4, -0.2) is 44.7 Å². The summed E-state index contributed by atoms with van der Waals surface area (Å²) in [5.41, 5.74) is -0.481. The van der Waals surface area contributed by atoms with Gasteiger partial charge in [0.05, 0.1) is 6.20 Å². The standard InChI is InChI=1S/C19H29N3O3/c1-12-8-13(2)16-10-14(24-17-11-20-6-7-21-17)9-15(12)22(16)18(23)25-19(3,4)5/h6-7,11-16H,8-10H2,1-5H3/t12-,13+,14?,15?,16?. The van der Waals surface area contributed by atoms with Crippen molar-refractivity contribution in [2.75, 3.05) is 0 Å². The first kappa shape index (κ1) is 18.0. The van der Waals surface area contributed by atoms with Gasteiger partial charge in [-0.15, -0.1) is 0 Å². The van der Waals surface area contributed by atoms with Crippen molar-refractivity contribution < 1.29 is 14.3 Å². The zero-order chi connectivity index (χ0) is 18.2. The van der Waals surface area contributed by atoms with Gasteiger partial charge in [0, 0.05) is 37.3 Å². The summed E-state index contributed by atoms with van der Waals surface area (Å²) in [5.74, 6) is 1.40. The number of amides is 1. The van der Waals surface area contributed by atoms with Gasteiger partial charge in [0.1, 0.15) is 11.7 Å². The molecule has 1 amide bonds. The normalized spacial score (nSPS) is 32.2. The second-order valence-electron chi connectivity index (χ2n) is 8.47. The summed E-state index contributed by atoms with van der Waals surface area (Å²) in [4.78, 5) is 23.1. The molecule has 3 unspecified atom stereocenters. The smallest absolute Gasteiger partial charge is 0.410 e. The van der Waals surface area contributed by atoms with Crippen molar-refractivity contribution >= 4 is 6.09 Å². The number of ether oxygens (including phenoxy) is 2. The highest BCUT2D eigenvalue weighted by Crippen LogP contribution is 2.42. The van der Waals surface area contributed by atoms with Gasteiger partial charge in [-0.05, 0) is 39.0 Å². The van der Waals surface area contributed by atoms with Gasteiger partial charge in [-0.1, -0.05) is 13.8 Å². The van der Waals surface area contributed by atoms with E-state index >= 15 is 0 Å². The van der Waals surface area contributed by atoms with Gasteiger partial charge in [0.15, 0.2) is 0 Å². The summed E-state index contributed by atoms with van der Waals surface area (Å²) in [6.07, 6.45) is 7.51. The average Bonchev–Trinajstić information content (AvgIpc) is 2.52. The molecule has 1 aromatic heterocycles. The number of carbonyl (C=O) groups excluding carboxylic acids is 1. The van der Waals surface area contributed by atoms with Crippen LogP contribution in [0.4, 0.5) is 4.79 Å². The van der Waals surface area contributed by atoms with Crippen LogP contribution in [0.3, 0.4) is 0 Å². The lowest BCUT2D eigenvalue weighted by atomic mass is 9.72. The van der Waals surface area contributed by atoms with Crippen molar-refractivity contribution in [2.24, 2.45) is 11.8 Å². The van der Waals surface area contributed by atoms with E-state index in [9.17, 15) is 4.79 Å². The van der Waals surface area contributed by atoms with E-state index in [-0.39, 0.29) is 24.3 Å². The molecule has 2 fully saturated rings. The molecule has 0 aliphatic carbocycles. The van der Waals surface area contributed by atoms with Gasteiger partial charge in [0.2, 0.25) is 5.88 Å². The van der Waals surface area contributed by atoms with E-state index in [0.717, 1.165) is 19.3 Å². The number of hydrogen-bond acceptors (Lipinski definition) is 5. The van der Waals surface area contributed by atoms with E-state index < -0.39 is 5.60 Å². The maximum Gasteiger partial charge on any atom is 0.410 e. The molecule has 0 N–H and O–H groups in total. The van der Waals surface area contributed by atoms with Crippen molar-refractivity contribution in [1.29, 1.82) is 0 Å². The van der Waals surface area contributed by atoms with Gasteiger partial charge in [0.25, 0.3) is 0 Å². The Kier molecular flexibility index (Phi) is 4.89. The fourth-order valence-corrected chi connectivity index (χ4v) is 4.22. The molecule has 0 aromatic carbocycles. The fraction of sp³-hybridized carbons (Fsp3) is 0.737. The molecule has 3 heterocycles. The van der Waals surface area contributed by atoms with E-state index in [4.69, 9.17) is 9.47 Å². The van der Waals surface area contributed by atoms with Gasteiger partial charge in [-0.25, -0.2) is 9.78 Å². The third-order valence-electron chi connectivity index (χ3n) is 5.21. The Morgan fingerprint density at radius 3 is 2.28 bits per heavy atom. The zero-order valence-corrected chi connectivity index (χ0v) is 15.8. The number of aromatic nitrogens is 2. The molecular formula is C19H29N3O3. The second kappa shape index (κ2) is 6.81. The molecule has 0 spiro atoms. The maximum absolute atomic E-state index is 12.8. The number of hydrogen-bond donors (Lipinski definition) is 0. The van der Waals surface area contributed by atoms with Gasteiger partial charge < -0.3 is 14.4 Å². The fourth-order valence-electron chi connectivity index (χ4n) is 4.22. The van der Waals surface area contributed by atoms with Gasteiger partial charge in [-0.2, -0.15) is 0 Å². The van der Waals surface area contributed by atoms with Crippen LogP contribution in [0.15, 0.2) is 18.6 Å². The Morgan fingerprint density at radius 1 is 1.12 bits per heavy atom. The first-order valence-corrected chi connectivity index (χ1v) is 9.18. The first-order chi connectivity index (χ1) is 11.7. The molecule has 2 bridgehead atoms. The van der Waals surface area contributed by atoms with Crippen LogP contribution in [0, 0.1) is 11.8 Å². The Balaban J connectivity index is 1.77. The molecule has 3 rings (SSSR count). The largest absolute Gasteiger partial charge is 0.473 e. The molecule has 2 saturated heterocycles. The number of carbonyl (C=O) groups is 1. The highest BCUT2D eigenvalue weighted by atomic mass is 16.6. The van der Waals surface area contributed by atoms with Crippen molar-refractivity contribution in [3.63, 3.8) is 0 Å². The topological polar surface area (TPSA) is 64.6 Å². The molecule has 138 valence electrons. The summed E-state index contributed by atoms with van der Waals surface area (Å²) in [7, 11) is 0. The van der Waals surface area contributed by atoms with E-state index in [1.165, 1.54) is 0 Å². The molecule has 2 aliphatic rings. The first-order valence-electron chi connectivity index (χ1n) is 9.18. The molecule has 0 saturated carbocycles. The van der Waals surface area contributed by atoms with E-state index in [1.54, 1.807) is 18.6 Å². The number of fused-ring (bicyclic) bond motifs is 2. The Labute approximate surface area is 149 Å². The maximum atomic E-state index is 12.8. The van der Waals surface area contributed by atoms with Crippen LogP contribution in [0.1, 0.15) is 53.9 Å². The van der Waals surface area contributed by atoms with Crippen molar-refractivity contribution in [1.82, 2.24) is 14.9 Å². The number of nitrogens with zero attached hydrogens (tertiary/aromatic N) is 3. The zero-order valence-electron chi connectivity index (χ0n) is 15.8. The Morgan fingerprint density at radius 2 is 1.76 bits per heavy atom. The second-order valence-corrected chi connectivity index (χ2v) is 8.47. The molecule has 0 radical (unpaired) electrons. The SMILES string of the molecule is C[C@@H]1C[C@H](C)C2CC(Oc3cnccn3)CC1N2C(=O)OC(C)(C)C. The third-order valence-corrected chi connectivity index (χ3v) is 5.21. The highest BCUT2D eigenvalue weighted by molar-refractivity contribution is 5.69. The lowest BCUT2D eigenvalue weighted by Crippen LogP contribution is -2.62. The molecule has 5 atom stereocenters. The quantitative estimate of drug-likeness (QED) is 0.817. The minimum absolute atomic E-state index is 0.0515. The Bertz CT molecular complexity index is 584. The number of rotatable bonds is 2.